The molecule has 2 atom stereocenters. The SMILES string of the molecule is CN(C(=O)c1cc(C(F)(F)F)cc(C(F)(F)F)c1)C1CCN(C2CCN(C(=O)O)CC2)CC1c1ccccc1. The summed E-state index contributed by atoms with van der Waals surface area (Å²) in [6.07, 6.45) is -9.31. The van der Waals surface area contributed by atoms with Crippen LogP contribution in [0.15, 0.2) is 48.5 Å². The molecule has 2 aliphatic heterocycles. The van der Waals surface area contributed by atoms with Gasteiger partial charge in [0.15, 0.2) is 0 Å². The Morgan fingerprint density at radius 1 is 0.872 bits per heavy atom. The molecule has 4 rings (SSSR count). The normalized spacial score (nSPS) is 21.6. The molecule has 0 saturated carbocycles. The van der Waals surface area contributed by atoms with E-state index in [-0.39, 0.29) is 18.0 Å². The first-order chi connectivity index (χ1) is 18.3. The number of hydrogen-bond donors (Lipinski definition) is 1. The van der Waals surface area contributed by atoms with Crippen LogP contribution in [0.4, 0.5) is 31.1 Å². The first-order valence-corrected chi connectivity index (χ1v) is 12.6. The Hall–Kier alpha value is -3.28. The summed E-state index contributed by atoms with van der Waals surface area (Å²) in [7, 11) is 1.41. The second-order valence-electron chi connectivity index (χ2n) is 10.1. The molecule has 0 radical (unpaired) electrons. The van der Waals surface area contributed by atoms with Gasteiger partial charge in [0.25, 0.3) is 5.91 Å². The number of alkyl halides is 6. The maximum Gasteiger partial charge on any atom is 0.416 e. The molecule has 212 valence electrons. The summed E-state index contributed by atoms with van der Waals surface area (Å²) in [6, 6.07) is 9.88. The van der Waals surface area contributed by atoms with E-state index in [1.807, 2.05) is 30.3 Å². The molecule has 1 N–H and O–H groups in total. The maximum absolute atomic E-state index is 13.4. The Morgan fingerprint density at radius 2 is 1.44 bits per heavy atom. The van der Waals surface area contributed by atoms with E-state index in [1.54, 1.807) is 0 Å². The fourth-order valence-corrected chi connectivity index (χ4v) is 5.64. The molecule has 0 aliphatic carbocycles. The second kappa shape index (κ2) is 11.1. The molecular formula is C27H29F6N3O3. The van der Waals surface area contributed by atoms with Crippen LogP contribution in [-0.2, 0) is 12.4 Å². The highest BCUT2D eigenvalue weighted by Gasteiger charge is 2.41. The lowest BCUT2D eigenvalue weighted by Crippen LogP contribution is -2.55. The van der Waals surface area contributed by atoms with E-state index in [0.717, 1.165) is 5.56 Å². The smallest absolute Gasteiger partial charge is 0.416 e. The van der Waals surface area contributed by atoms with Crippen LogP contribution in [0, 0.1) is 0 Å². The first-order valence-electron chi connectivity index (χ1n) is 12.6. The lowest BCUT2D eigenvalue weighted by atomic mass is 9.83. The van der Waals surface area contributed by atoms with Gasteiger partial charge in [-0.05, 0) is 43.0 Å². The van der Waals surface area contributed by atoms with E-state index < -0.39 is 47.1 Å². The molecule has 0 spiro atoms. The van der Waals surface area contributed by atoms with Gasteiger partial charge in [0.05, 0.1) is 11.1 Å². The van der Waals surface area contributed by atoms with E-state index in [4.69, 9.17) is 0 Å². The monoisotopic (exact) mass is 557 g/mol. The summed E-state index contributed by atoms with van der Waals surface area (Å²) in [5, 5.41) is 9.24. The fraction of sp³-hybridized carbons (Fsp3) is 0.481. The Bertz CT molecular complexity index is 1150. The molecule has 2 fully saturated rings. The minimum atomic E-state index is -5.05. The number of nitrogens with zero attached hydrogens (tertiary/aromatic N) is 3. The summed E-state index contributed by atoms with van der Waals surface area (Å²) in [5.74, 6) is -1.17. The lowest BCUT2D eigenvalue weighted by Gasteiger charge is -2.47. The number of halogens is 6. The quantitative estimate of drug-likeness (QED) is 0.483. The van der Waals surface area contributed by atoms with Gasteiger partial charge < -0.3 is 14.9 Å². The molecule has 2 amide bonds. The molecule has 0 aromatic heterocycles. The largest absolute Gasteiger partial charge is 0.465 e. The lowest BCUT2D eigenvalue weighted by molar-refractivity contribution is -0.143. The van der Waals surface area contributed by atoms with Gasteiger partial charge in [0.1, 0.15) is 0 Å². The van der Waals surface area contributed by atoms with E-state index in [2.05, 4.69) is 4.90 Å². The minimum absolute atomic E-state index is 0.0116. The van der Waals surface area contributed by atoms with Crippen LogP contribution in [0.5, 0.6) is 0 Å². The third kappa shape index (κ3) is 6.48. The number of amides is 2. The van der Waals surface area contributed by atoms with Gasteiger partial charge in [-0.25, -0.2) is 4.79 Å². The molecule has 2 saturated heterocycles. The zero-order valence-electron chi connectivity index (χ0n) is 21.2. The van der Waals surface area contributed by atoms with Crippen molar-refractivity contribution in [2.24, 2.45) is 0 Å². The van der Waals surface area contributed by atoms with Gasteiger partial charge in [-0.15, -0.1) is 0 Å². The summed E-state index contributed by atoms with van der Waals surface area (Å²) in [6.45, 7) is 1.89. The third-order valence-electron chi connectivity index (χ3n) is 7.74. The Labute approximate surface area is 221 Å². The summed E-state index contributed by atoms with van der Waals surface area (Å²) in [5.41, 5.74) is -2.84. The molecule has 0 bridgehead atoms. The van der Waals surface area contributed by atoms with Crippen molar-refractivity contribution in [3.8, 4) is 0 Å². The summed E-state index contributed by atoms with van der Waals surface area (Å²) in [4.78, 5) is 29.5. The van der Waals surface area contributed by atoms with Crippen molar-refractivity contribution in [1.29, 1.82) is 0 Å². The highest BCUT2D eigenvalue weighted by Crippen LogP contribution is 2.38. The number of piperidine rings is 2. The van der Waals surface area contributed by atoms with Crippen LogP contribution in [0.3, 0.4) is 0 Å². The van der Waals surface area contributed by atoms with Crippen LogP contribution in [-0.4, -0.2) is 77.1 Å². The number of carboxylic acid groups (broad SMARTS) is 1. The average Bonchev–Trinajstić information content (AvgIpc) is 2.91. The highest BCUT2D eigenvalue weighted by atomic mass is 19.4. The maximum atomic E-state index is 13.4. The molecule has 2 aromatic carbocycles. The number of rotatable bonds is 4. The van der Waals surface area contributed by atoms with Crippen LogP contribution in [0.25, 0.3) is 0 Å². The van der Waals surface area contributed by atoms with Gasteiger partial charge in [-0.1, -0.05) is 30.3 Å². The van der Waals surface area contributed by atoms with Crippen molar-refractivity contribution in [2.75, 3.05) is 33.2 Å². The third-order valence-corrected chi connectivity index (χ3v) is 7.74. The fourth-order valence-electron chi connectivity index (χ4n) is 5.64. The number of likely N-dealkylation sites (tertiary alicyclic amines) is 2. The first kappa shape index (κ1) is 28.7. The van der Waals surface area contributed by atoms with Gasteiger partial charge in [-0.3, -0.25) is 9.69 Å². The van der Waals surface area contributed by atoms with Gasteiger partial charge in [0.2, 0.25) is 0 Å². The molecule has 39 heavy (non-hydrogen) atoms. The topological polar surface area (TPSA) is 64.1 Å². The molecular weight excluding hydrogens is 528 g/mol. The van der Waals surface area contributed by atoms with Gasteiger partial charge in [0, 0.05) is 56.8 Å². The highest BCUT2D eigenvalue weighted by molar-refractivity contribution is 5.95. The summed E-state index contributed by atoms with van der Waals surface area (Å²) < 4.78 is 80.4. The molecule has 2 aromatic rings. The van der Waals surface area contributed by atoms with E-state index >= 15 is 0 Å². The van der Waals surface area contributed by atoms with Crippen molar-refractivity contribution in [3.63, 3.8) is 0 Å². The molecule has 2 unspecified atom stereocenters. The number of carbonyl (C=O) groups is 2. The zero-order chi connectivity index (χ0) is 28.5. The summed E-state index contributed by atoms with van der Waals surface area (Å²) >= 11 is 0. The van der Waals surface area contributed by atoms with Crippen LogP contribution >= 0.6 is 0 Å². The predicted molar refractivity (Wildman–Crippen MR) is 130 cm³/mol. The van der Waals surface area contributed by atoms with E-state index in [1.165, 1.54) is 16.8 Å². The second-order valence-corrected chi connectivity index (χ2v) is 10.1. The predicted octanol–water partition coefficient (Wildman–Crippen LogP) is 5.80. The minimum Gasteiger partial charge on any atom is -0.465 e. The number of benzene rings is 2. The zero-order valence-corrected chi connectivity index (χ0v) is 21.2. The van der Waals surface area contributed by atoms with Crippen LogP contribution < -0.4 is 0 Å². The standard InChI is InChI=1S/C27H29F6N3O3/c1-34(24(37)18-13-19(26(28,29)30)15-20(14-18)27(31,32)33)23-9-12-36(16-22(23)17-5-3-2-4-6-17)21-7-10-35(11-8-21)25(38)39/h2-6,13-15,21-23H,7-12,16H2,1H3,(H,38,39). The Balaban J connectivity index is 1.60. The molecule has 2 heterocycles. The van der Waals surface area contributed by atoms with Crippen LogP contribution in [0.1, 0.15) is 52.2 Å². The van der Waals surface area contributed by atoms with E-state index in [9.17, 15) is 41.0 Å². The molecule has 2 aliphatic rings. The molecule has 12 heteroatoms. The number of carbonyl (C=O) groups excluding carboxylic acids is 1. The average molecular weight is 558 g/mol. The Kier molecular flexibility index (Phi) is 8.15. The van der Waals surface area contributed by atoms with Gasteiger partial charge >= 0.3 is 18.4 Å². The van der Waals surface area contributed by atoms with E-state index in [0.29, 0.717) is 57.6 Å². The molecule has 6 nitrogen and oxygen atoms in total. The van der Waals surface area contributed by atoms with Crippen molar-refractivity contribution >= 4 is 12.0 Å². The van der Waals surface area contributed by atoms with Crippen molar-refractivity contribution in [3.05, 3.63) is 70.8 Å². The number of likely N-dealkylation sites (N-methyl/N-ethyl adjacent to an activating group) is 1. The Morgan fingerprint density at radius 3 is 1.95 bits per heavy atom. The van der Waals surface area contributed by atoms with Crippen molar-refractivity contribution in [1.82, 2.24) is 14.7 Å². The van der Waals surface area contributed by atoms with Gasteiger partial charge in [-0.2, -0.15) is 26.3 Å². The van der Waals surface area contributed by atoms with Crippen molar-refractivity contribution < 1.29 is 41.0 Å². The number of hydrogen-bond acceptors (Lipinski definition) is 3. The van der Waals surface area contributed by atoms with Crippen molar-refractivity contribution in [2.45, 2.75) is 49.6 Å². The van der Waals surface area contributed by atoms with Crippen LogP contribution in [0.2, 0.25) is 0 Å².